The third-order valence-corrected chi connectivity index (χ3v) is 2.12. The maximum Gasteiger partial charge on any atom is 0.161 e. The lowest BCUT2D eigenvalue weighted by Crippen LogP contribution is -1.94. The zero-order chi connectivity index (χ0) is 11.5. The average Bonchev–Trinajstić information content (AvgIpc) is 2.29. The zero-order valence-electron chi connectivity index (χ0n) is 8.71. The lowest BCUT2D eigenvalue weighted by molar-refractivity contribution is 0.373. The van der Waals surface area contributed by atoms with Gasteiger partial charge in [-0.2, -0.15) is 0 Å². The Kier molecular flexibility index (Phi) is 2.59. The van der Waals surface area contributed by atoms with Gasteiger partial charge in [-0.3, -0.25) is 0 Å². The van der Waals surface area contributed by atoms with Crippen LogP contribution in [0.25, 0.3) is 11.4 Å². The number of aromatic hydroxyl groups is 1. The minimum atomic E-state index is 0.0788. The van der Waals surface area contributed by atoms with E-state index in [-0.39, 0.29) is 5.75 Å². The minimum Gasteiger partial charge on any atom is -0.504 e. The summed E-state index contributed by atoms with van der Waals surface area (Å²) in [6, 6.07) is 6.50. The molecule has 1 heterocycles. The molecule has 0 unspecified atom stereocenters. The molecule has 82 valence electrons. The highest BCUT2D eigenvalue weighted by Gasteiger charge is 2.06. The van der Waals surface area contributed by atoms with Crippen LogP contribution in [-0.4, -0.2) is 22.2 Å². The van der Waals surface area contributed by atoms with Gasteiger partial charge in [-0.15, -0.1) is 0 Å². The first-order chi connectivity index (χ1) is 7.70. The molecule has 1 aromatic heterocycles. The lowest BCUT2D eigenvalue weighted by Gasteiger charge is -2.05. The summed E-state index contributed by atoms with van der Waals surface area (Å²) in [5, 5.41) is 9.45. The van der Waals surface area contributed by atoms with Crippen LogP contribution in [0, 0.1) is 0 Å². The molecule has 2 aromatic rings. The van der Waals surface area contributed by atoms with Crippen molar-refractivity contribution in [3.05, 3.63) is 30.5 Å². The predicted octanol–water partition coefficient (Wildman–Crippen LogP) is 1.44. The summed E-state index contributed by atoms with van der Waals surface area (Å²) in [5.74, 6) is 1.36. The number of aromatic nitrogens is 2. The fraction of sp³-hybridized carbons (Fsp3) is 0.0909. The second kappa shape index (κ2) is 4.06. The van der Waals surface area contributed by atoms with Gasteiger partial charge >= 0.3 is 0 Å². The molecule has 0 spiro atoms. The number of ether oxygens (including phenoxy) is 1. The number of phenols is 1. The highest BCUT2D eigenvalue weighted by Crippen LogP contribution is 2.29. The van der Waals surface area contributed by atoms with Crippen molar-refractivity contribution in [1.82, 2.24) is 9.97 Å². The predicted molar refractivity (Wildman–Crippen MR) is 60.1 cm³/mol. The topological polar surface area (TPSA) is 81.3 Å². The molecule has 5 nitrogen and oxygen atoms in total. The van der Waals surface area contributed by atoms with Crippen LogP contribution in [0.15, 0.2) is 30.5 Å². The number of methoxy groups -OCH3 is 1. The molecule has 0 saturated heterocycles. The Morgan fingerprint density at radius 1 is 1.31 bits per heavy atom. The van der Waals surface area contributed by atoms with E-state index in [2.05, 4.69) is 9.97 Å². The van der Waals surface area contributed by atoms with Gasteiger partial charge in [0, 0.05) is 11.8 Å². The quantitative estimate of drug-likeness (QED) is 0.795. The molecule has 5 heteroatoms. The van der Waals surface area contributed by atoms with E-state index in [9.17, 15) is 5.11 Å². The Morgan fingerprint density at radius 2 is 2.12 bits per heavy atom. The lowest BCUT2D eigenvalue weighted by atomic mass is 10.2. The molecule has 0 aliphatic heterocycles. The van der Waals surface area contributed by atoms with Gasteiger partial charge in [0.2, 0.25) is 0 Å². The van der Waals surface area contributed by atoms with Crippen LogP contribution in [0.5, 0.6) is 11.5 Å². The second-order valence-corrected chi connectivity index (χ2v) is 3.19. The van der Waals surface area contributed by atoms with Crippen LogP contribution < -0.4 is 10.5 Å². The summed E-state index contributed by atoms with van der Waals surface area (Å²) in [7, 11) is 1.49. The van der Waals surface area contributed by atoms with Crippen molar-refractivity contribution in [2.45, 2.75) is 0 Å². The van der Waals surface area contributed by atoms with E-state index in [0.29, 0.717) is 17.4 Å². The van der Waals surface area contributed by atoms with E-state index in [0.717, 1.165) is 5.56 Å². The van der Waals surface area contributed by atoms with Crippen molar-refractivity contribution in [2.24, 2.45) is 0 Å². The standard InChI is InChI=1S/C11H11N3O2/c1-16-9-6-7(2-3-8(9)15)11-13-5-4-10(12)14-11/h2-6,15H,1H3,(H2,12,13,14). The first-order valence-electron chi connectivity index (χ1n) is 4.66. The normalized spacial score (nSPS) is 10.1. The molecule has 2 rings (SSSR count). The van der Waals surface area contributed by atoms with Gasteiger partial charge in [0.15, 0.2) is 17.3 Å². The molecule has 16 heavy (non-hydrogen) atoms. The molecule has 0 aliphatic carbocycles. The van der Waals surface area contributed by atoms with Crippen molar-refractivity contribution in [3.63, 3.8) is 0 Å². The maximum atomic E-state index is 9.45. The highest BCUT2D eigenvalue weighted by atomic mass is 16.5. The van der Waals surface area contributed by atoms with Gasteiger partial charge in [0.05, 0.1) is 7.11 Å². The van der Waals surface area contributed by atoms with E-state index in [1.165, 1.54) is 13.2 Å². The SMILES string of the molecule is COc1cc(-c2nccc(N)n2)ccc1O. The highest BCUT2D eigenvalue weighted by molar-refractivity contribution is 5.61. The molecule has 1 aromatic carbocycles. The fourth-order valence-electron chi connectivity index (χ4n) is 1.33. The molecule has 3 N–H and O–H groups in total. The second-order valence-electron chi connectivity index (χ2n) is 3.19. The number of rotatable bonds is 2. The number of hydrogen-bond donors (Lipinski definition) is 2. The first-order valence-corrected chi connectivity index (χ1v) is 4.66. The van der Waals surface area contributed by atoms with Crippen LogP contribution >= 0.6 is 0 Å². The number of hydrogen-bond acceptors (Lipinski definition) is 5. The Hall–Kier alpha value is -2.30. The fourth-order valence-corrected chi connectivity index (χ4v) is 1.33. The number of nitrogen functional groups attached to an aromatic ring is 1. The summed E-state index contributed by atoms with van der Waals surface area (Å²) in [6.45, 7) is 0. The van der Waals surface area contributed by atoms with Gasteiger partial charge < -0.3 is 15.6 Å². The molecule has 0 fully saturated rings. The molecule has 0 aliphatic rings. The number of nitrogens with zero attached hydrogens (tertiary/aromatic N) is 2. The molecule has 0 radical (unpaired) electrons. The van der Waals surface area contributed by atoms with Crippen LogP contribution in [0.2, 0.25) is 0 Å². The monoisotopic (exact) mass is 217 g/mol. The van der Waals surface area contributed by atoms with Crippen LogP contribution in [-0.2, 0) is 0 Å². The maximum absolute atomic E-state index is 9.45. The van der Waals surface area contributed by atoms with E-state index in [4.69, 9.17) is 10.5 Å². The molecule has 0 saturated carbocycles. The zero-order valence-corrected chi connectivity index (χ0v) is 8.71. The Bertz CT molecular complexity index is 514. The van der Waals surface area contributed by atoms with Crippen LogP contribution in [0.3, 0.4) is 0 Å². The molecule has 0 amide bonds. The Morgan fingerprint density at radius 3 is 2.81 bits per heavy atom. The van der Waals surface area contributed by atoms with Gasteiger partial charge in [-0.25, -0.2) is 9.97 Å². The number of phenolic OH excluding ortho intramolecular Hbond substituents is 1. The third-order valence-electron chi connectivity index (χ3n) is 2.12. The molecular weight excluding hydrogens is 206 g/mol. The average molecular weight is 217 g/mol. The third kappa shape index (κ3) is 1.88. The van der Waals surface area contributed by atoms with Crippen molar-refractivity contribution in [1.29, 1.82) is 0 Å². The summed E-state index contributed by atoms with van der Waals surface area (Å²) in [4.78, 5) is 8.16. The van der Waals surface area contributed by atoms with E-state index >= 15 is 0 Å². The van der Waals surface area contributed by atoms with Crippen LogP contribution in [0.4, 0.5) is 5.82 Å². The molecule has 0 atom stereocenters. The van der Waals surface area contributed by atoms with E-state index in [1.54, 1.807) is 24.4 Å². The van der Waals surface area contributed by atoms with Crippen molar-refractivity contribution < 1.29 is 9.84 Å². The number of nitrogens with two attached hydrogens (primary N) is 1. The Labute approximate surface area is 92.5 Å². The smallest absolute Gasteiger partial charge is 0.161 e. The van der Waals surface area contributed by atoms with Gasteiger partial charge in [-0.05, 0) is 24.3 Å². The van der Waals surface area contributed by atoms with Gasteiger partial charge in [0.25, 0.3) is 0 Å². The summed E-state index contributed by atoms with van der Waals surface area (Å²) in [5.41, 5.74) is 6.30. The van der Waals surface area contributed by atoms with Crippen molar-refractivity contribution >= 4 is 5.82 Å². The summed E-state index contributed by atoms with van der Waals surface area (Å²) < 4.78 is 5.00. The summed E-state index contributed by atoms with van der Waals surface area (Å²) >= 11 is 0. The number of benzene rings is 1. The summed E-state index contributed by atoms with van der Waals surface area (Å²) in [6.07, 6.45) is 1.58. The Balaban J connectivity index is 2.48. The van der Waals surface area contributed by atoms with E-state index < -0.39 is 0 Å². The molecular formula is C11H11N3O2. The van der Waals surface area contributed by atoms with Crippen molar-refractivity contribution in [3.8, 4) is 22.9 Å². The first kappa shape index (κ1) is 10.2. The minimum absolute atomic E-state index is 0.0788. The van der Waals surface area contributed by atoms with E-state index in [1.807, 2.05) is 0 Å². The van der Waals surface area contributed by atoms with Gasteiger partial charge in [-0.1, -0.05) is 0 Å². The van der Waals surface area contributed by atoms with Crippen molar-refractivity contribution in [2.75, 3.05) is 12.8 Å². The van der Waals surface area contributed by atoms with Gasteiger partial charge in [0.1, 0.15) is 5.82 Å². The number of anilines is 1. The molecule has 0 bridgehead atoms. The van der Waals surface area contributed by atoms with Crippen LogP contribution in [0.1, 0.15) is 0 Å². The largest absolute Gasteiger partial charge is 0.504 e.